The van der Waals surface area contributed by atoms with Gasteiger partial charge in [0.05, 0.1) is 5.41 Å². The van der Waals surface area contributed by atoms with Crippen molar-refractivity contribution in [1.82, 2.24) is 9.88 Å². The molecule has 5 heteroatoms. The first-order chi connectivity index (χ1) is 9.62. The molecule has 1 aliphatic heterocycles. The van der Waals surface area contributed by atoms with Crippen LogP contribution >= 0.6 is 0 Å². The molecule has 1 aromatic rings. The number of carboxylic acid groups (broad SMARTS) is 1. The Labute approximate surface area is 119 Å². The summed E-state index contributed by atoms with van der Waals surface area (Å²) in [6.07, 6.45) is 5.67. The van der Waals surface area contributed by atoms with Crippen molar-refractivity contribution in [3.05, 3.63) is 30.1 Å². The molecule has 0 aromatic carbocycles. The summed E-state index contributed by atoms with van der Waals surface area (Å²) in [4.78, 5) is 17.7. The van der Waals surface area contributed by atoms with Crippen LogP contribution in [0.15, 0.2) is 24.5 Å². The molecule has 2 rings (SSSR count). The van der Waals surface area contributed by atoms with Gasteiger partial charge in [-0.25, -0.2) is 0 Å². The average molecular weight is 278 g/mol. The number of pyridine rings is 1. The van der Waals surface area contributed by atoms with Crippen LogP contribution in [0, 0.1) is 5.41 Å². The minimum atomic E-state index is -0.698. The van der Waals surface area contributed by atoms with Crippen molar-refractivity contribution >= 4 is 5.97 Å². The monoisotopic (exact) mass is 278 g/mol. The SMILES string of the molecule is CN(CCc1ccncc1)CC1(C(=O)O)CCOCC1. The highest BCUT2D eigenvalue weighted by Gasteiger charge is 2.40. The molecule has 0 saturated carbocycles. The topological polar surface area (TPSA) is 62.7 Å². The van der Waals surface area contributed by atoms with Gasteiger partial charge in [-0.1, -0.05) is 0 Å². The van der Waals surface area contributed by atoms with Crippen LogP contribution in [0.5, 0.6) is 0 Å². The summed E-state index contributed by atoms with van der Waals surface area (Å²) in [6, 6.07) is 3.99. The van der Waals surface area contributed by atoms with E-state index in [2.05, 4.69) is 9.88 Å². The summed E-state index contributed by atoms with van der Waals surface area (Å²) in [7, 11) is 1.99. The van der Waals surface area contributed by atoms with Crippen LogP contribution in [-0.4, -0.2) is 54.3 Å². The lowest BCUT2D eigenvalue weighted by Crippen LogP contribution is -2.46. The first kappa shape index (κ1) is 14.9. The molecule has 0 bridgehead atoms. The fourth-order valence-electron chi connectivity index (χ4n) is 2.67. The Kier molecular flexibility index (Phi) is 5.09. The first-order valence-electron chi connectivity index (χ1n) is 7.01. The normalized spacial score (nSPS) is 18.1. The van der Waals surface area contributed by atoms with Crippen LogP contribution in [0.3, 0.4) is 0 Å². The summed E-state index contributed by atoms with van der Waals surface area (Å²) < 4.78 is 5.30. The molecular weight excluding hydrogens is 256 g/mol. The molecule has 0 spiro atoms. The zero-order valence-corrected chi connectivity index (χ0v) is 11.9. The molecule has 20 heavy (non-hydrogen) atoms. The molecule has 5 nitrogen and oxygen atoms in total. The maximum Gasteiger partial charge on any atom is 0.311 e. The molecule has 1 fully saturated rings. The van der Waals surface area contributed by atoms with Crippen LogP contribution < -0.4 is 0 Å². The van der Waals surface area contributed by atoms with Gasteiger partial charge in [0.2, 0.25) is 0 Å². The number of hydrogen-bond acceptors (Lipinski definition) is 4. The van der Waals surface area contributed by atoms with E-state index >= 15 is 0 Å². The summed E-state index contributed by atoms with van der Waals surface area (Å²) in [5.41, 5.74) is 0.578. The summed E-state index contributed by atoms with van der Waals surface area (Å²) in [5, 5.41) is 9.53. The Hall–Kier alpha value is -1.46. The predicted molar refractivity (Wildman–Crippen MR) is 75.6 cm³/mol. The maximum absolute atomic E-state index is 11.6. The van der Waals surface area contributed by atoms with Crippen molar-refractivity contribution in [2.45, 2.75) is 19.3 Å². The van der Waals surface area contributed by atoms with Gasteiger partial charge in [0.1, 0.15) is 0 Å². The van der Waals surface area contributed by atoms with Gasteiger partial charge in [-0.3, -0.25) is 9.78 Å². The number of nitrogens with zero attached hydrogens (tertiary/aromatic N) is 2. The highest BCUT2D eigenvalue weighted by atomic mass is 16.5. The lowest BCUT2D eigenvalue weighted by atomic mass is 9.80. The van der Waals surface area contributed by atoms with Gasteiger partial charge in [0.25, 0.3) is 0 Å². The predicted octanol–water partition coefficient (Wildman–Crippen LogP) is 1.44. The van der Waals surface area contributed by atoms with Gasteiger partial charge in [-0.05, 0) is 44.0 Å². The third-order valence-electron chi connectivity index (χ3n) is 4.01. The Morgan fingerprint density at radius 2 is 2.05 bits per heavy atom. The Morgan fingerprint density at radius 1 is 1.40 bits per heavy atom. The molecule has 1 saturated heterocycles. The molecule has 0 aliphatic carbocycles. The van der Waals surface area contributed by atoms with E-state index in [-0.39, 0.29) is 0 Å². The van der Waals surface area contributed by atoms with Crippen molar-refractivity contribution in [2.75, 3.05) is 33.4 Å². The molecule has 0 amide bonds. The molecule has 110 valence electrons. The van der Waals surface area contributed by atoms with Crippen molar-refractivity contribution in [1.29, 1.82) is 0 Å². The number of carboxylic acids is 1. The Balaban J connectivity index is 1.88. The lowest BCUT2D eigenvalue weighted by molar-refractivity contribution is -0.156. The van der Waals surface area contributed by atoms with Crippen LogP contribution in [0.1, 0.15) is 18.4 Å². The van der Waals surface area contributed by atoms with Crippen LogP contribution in [0.25, 0.3) is 0 Å². The zero-order valence-electron chi connectivity index (χ0n) is 11.9. The van der Waals surface area contributed by atoms with Gasteiger partial charge < -0.3 is 14.7 Å². The number of aromatic nitrogens is 1. The molecule has 1 aliphatic rings. The van der Waals surface area contributed by atoms with E-state index in [1.54, 1.807) is 12.4 Å². The van der Waals surface area contributed by atoms with E-state index in [9.17, 15) is 9.90 Å². The van der Waals surface area contributed by atoms with Gasteiger partial charge >= 0.3 is 5.97 Å². The van der Waals surface area contributed by atoms with Crippen LogP contribution in [0.2, 0.25) is 0 Å². The highest BCUT2D eigenvalue weighted by molar-refractivity contribution is 5.75. The number of aliphatic carboxylic acids is 1. The van der Waals surface area contributed by atoms with Gasteiger partial charge in [0.15, 0.2) is 0 Å². The number of hydrogen-bond donors (Lipinski definition) is 1. The molecule has 0 radical (unpaired) electrons. The maximum atomic E-state index is 11.6. The van der Waals surface area contributed by atoms with Crippen LogP contribution in [0.4, 0.5) is 0 Å². The zero-order chi connectivity index (χ0) is 14.4. The molecule has 0 atom stereocenters. The third kappa shape index (κ3) is 3.77. The van der Waals surface area contributed by atoms with Crippen LogP contribution in [-0.2, 0) is 16.0 Å². The summed E-state index contributed by atoms with van der Waals surface area (Å²) in [6.45, 7) is 2.52. The van der Waals surface area contributed by atoms with E-state index in [1.807, 2.05) is 19.2 Å². The molecular formula is C15H22N2O3. The minimum absolute atomic E-state index is 0.546. The van der Waals surface area contributed by atoms with Crippen molar-refractivity contribution < 1.29 is 14.6 Å². The standard InChI is InChI=1S/C15H22N2O3/c1-17(9-4-13-2-7-16-8-3-13)12-15(14(18)19)5-10-20-11-6-15/h2-3,7-8H,4-6,9-12H2,1H3,(H,18,19). The van der Waals surface area contributed by atoms with E-state index in [0.29, 0.717) is 32.6 Å². The number of ether oxygens (including phenoxy) is 1. The lowest BCUT2D eigenvalue weighted by Gasteiger charge is -2.36. The third-order valence-corrected chi connectivity index (χ3v) is 4.01. The largest absolute Gasteiger partial charge is 0.481 e. The fourth-order valence-corrected chi connectivity index (χ4v) is 2.67. The summed E-state index contributed by atoms with van der Waals surface area (Å²) in [5.74, 6) is -0.698. The second-order valence-electron chi connectivity index (χ2n) is 5.54. The van der Waals surface area contributed by atoms with Gasteiger partial charge in [-0.2, -0.15) is 0 Å². The fraction of sp³-hybridized carbons (Fsp3) is 0.600. The molecule has 0 unspecified atom stereocenters. The minimum Gasteiger partial charge on any atom is -0.481 e. The molecule has 1 N–H and O–H groups in total. The van der Waals surface area contributed by atoms with Crippen molar-refractivity contribution in [3.63, 3.8) is 0 Å². The number of carbonyl (C=O) groups is 1. The van der Waals surface area contributed by atoms with Gasteiger partial charge in [-0.15, -0.1) is 0 Å². The average Bonchev–Trinajstić information content (AvgIpc) is 2.47. The Morgan fingerprint density at radius 3 is 2.65 bits per heavy atom. The first-order valence-corrected chi connectivity index (χ1v) is 7.01. The smallest absolute Gasteiger partial charge is 0.311 e. The molecule has 2 heterocycles. The van der Waals surface area contributed by atoms with E-state index in [1.165, 1.54) is 5.56 Å². The van der Waals surface area contributed by atoms with E-state index in [0.717, 1.165) is 13.0 Å². The van der Waals surface area contributed by atoms with E-state index in [4.69, 9.17) is 4.74 Å². The Bertz CT molecular complexity index is 430. The second kappa shape index (κ2) is 6.81. The van der Waals surface area contributed by atoms with Crippen molar-refractivity contribution in [2.24, 2.45) is 5.41 Å². The van der Waals surface area contributed by atoms with E-state index < -0.39 is 11.4 Å². The number of likely N-dealkylation sites (N-methyl/N-ethyl adjacent to an activating group) is 1. The summed E-state index contributed by atoms with van der Waals surface area (Å²) >= 11 is 0. The van der Waals surface area contributed by atoms with Gasteiger partial charge in [0, 0.05) is 38.7 Å². The molecule has 1 aromatic heterocycles. The van der Waals surface area contributed by atoms with Crippen molar-refractivity contribution in [3.8, 4) is 0 Å². The second-order valence-corrected chi connectivity index (χ2v) is 5.54. The quantitative estimate of drug-likeness (QED) is 0.853. The highest BCUT2D eigenvalue weighted by Crippen LogP contribution is 2.31. The number of rotatable bonds is 6.